The minimum atomic E-state index is -1.06. The summed E-state index contributed by atoms with van der Waals surface area (Å²) in [6.45, 7) is 2.06. The number of rotatable bonds is 4. The lowest BCUT2D eigenvalue weighted by Gasteiger charge is -2.07. The number of carboxylic acid groups (broad SMARTS) is 1. The van der Waals surface area contributed by atoms with Crippen LogP contribution in [0.4, 0.5) is 0 Å². The van der Waals surface area contributed by atoms with E-state index in [9.17, 15) is 4.79 Å². The molecule has 1 aromatic heterocycles. The molecule has 0 bridgehead atoms. The number of aromatic nitrogens is 2. The summed E-state index contributed by atoms with van der Waals surface area (Å²) < 4.78 is 5.51. The number of carbonyl (C=O) groups is 1. The highest BCUT2D eigenvalue weighted by Gasteiger charge is 2.11. The van der Waals surface area contributed by atoms with E-state index in [2.05, 4.69) is 9.97 Å². The average molecular weight is 244 g/mol. The quantitative estimate of drug-likeness (QED) is 0.891. The molecule has 0 aliphatic carbocycles. The van der Waals surface area contributed by atoms with E-state index in [4.69, 9.17) is 9.84 Å². The van der Waals surface area contributed by atoms with Crippen LogP contribution in [0.25, 0.3) is 0 Å². The van der Waals surface area contributed by atoms with E-state index in [1.165, 1.54) is 12.5 Å². The summed E-state index contributed by atoms with van der Waals surface area (Å²) in [4.78, 5) is 18.6. The monoisotopic (exact) mass is 244 g/mol. The lowest BCUT2D eigenvalue weighted by Crippen LogP contribution is -2.08. The van der Waals surface area contributed by atoms with E-state index in [-0.39, 0.29) is 12.2 Å². The van der Waals surface area contributed by atoms with Gasteiger partial charge < -0.3 is 9.84 Å². The van der Waals surface area contributed by atoms with E-state index in [1.54, 1.807) is 0 Å². The van der Waals surface area contributed by atoms with E-state index in [0.717, 1.165) is 5.56 Å². The first-order chi connectivity index (χ1) is 8.66. The molecule has 18 heavy (non-hydrogen) atoms. The van der Waals surface area contributed by atoms with Gasteiger partial charge in [0.2, 0.25) is 0 Å². The SMILES string of the molecule is Cc1cccc(OCc2ncncc2C(=O)O)c1. The summed E-state index contributed by atoms with van der Waals surface area (Å²) in [6, 6.07) is 7.53. The van der Waals surface area contributed by atoms with Gasteiger partial charge in [-0.2, -0.15) is 0 Å². The van der Waals surface area contributed by atoms with Crippen LogP contribution in [0.2, 0.25) is 0 Å². The molecule has 0 aliphatic heterocycles. The van der Waals surface area contributed by atoms with Crippen molar-refractivity contribution in [2.45, 2.75) is 13.5 Å². The Morgan fingerprint density at radius 1 is 1.44 bits per heavy atom. The summed E-state index contributed by atoms with van der Waals surface area (Å²) in [7, 11) is 0. The number of aryl methyl sites for hydroxylation is 1. The summed E-state index contributed by atoms with van der Waals surface area (Å²) in [6.07, 6.45) is 2.58. The molecule has 1 N–H and O–H groups in total. The van der Waals surface area contributed by atoms with Crippen LogP contribution < -0.4 is 4.74 Å². The third-order valence-electron chi connectivity index (χ3n) is 2.39. The maximum absolute atomic E-state index is 11.0. The van der Waals surface area contributed by atoms with Crippen LogP contribution in [0.3, 0.4) is 0 Å². The third kappa shape index (κ3) is 2.82. The number of hydrogen-bond donors (Lipinski definition) is 1. The molecular weight excluding hydrogens is 232 g/mol. The Labute approximate surface area is 104 Å². The predicted molar refractivity (Wildman–Crippen MR) is 64.5 cm³/mol. The Morgan fingerprint density at radius 3 is 3.00 bits per heavy atom. The van der Waals surface area contributed by atoms with Gasteiger partial charge in [0.1, 0.15) is 24.2 Å². The molecule has 0 amide bonds. The lowest BCUT2D eigenvalue weighted by atomic mass is 10.2. The fourth-order valence-electron chi connectivity index (χ4n) is 1.51. The highest BCUT2D eigenvalue weighted by Crippen LogP contribution is 2.14. The molecule has 1 aromatic carbocycles. The molecule has 0 fully saturated rings. The largest absolute Gasteiger partial charge is 0.487 e. The first-order valence-electron chi connectivity index (χ1n) is 5.38. The van der Waals surface area contributed by atoms with Crippen LogP contribution in [-0.2, 0) is 6.61 Å². The second-order valence-corrected chi connectivity index (χ2v) is 3.79. The third-order valence-corrected chi connectivity index (χ3v) is 2.39. The van der Waals surface area contributed by atoms with Gasteiger partial charge in [0.25, 0.3) is 0 Å². The molecule has 2 rings (SSSR count). The van der Waals surface area contributed by atoms with Crippen molar-refractivity contribution in [3.8, 4) is 5.75 Å². The lowest BCUT2D eigenvalue weighted by molar-refractivity contribution is 0.0692. The van der Waals surface area contributed by atoms with Crippen LogP contribution in [0.15, 0.2) is 36.8 Å². The van der Waals surface area contributed by atoms with E-state index >= 15 is 0 Å². The molecule has 0 spiro atoms. The van der Waals surface area contributed by atoms with Crippen LogP contribution in [-0.4, -0.2) is 21.0 Å². The summed E-state index contributed by atoms with van der Waals surface area (Å²) >= 11 is 0. The Bertz CT molecular complexity index is 570. The van der Waals surface area contributed by atoms with Gasteiger partial charge in [-0.1, -0.05) is 12.1 Å². The molecule has 0 unspecified atom stereocenters. The van der Waals surface area contributed by atoms with Crippen molar-refractivity contribution in [3.05, 3.63) is 53.6 Å². The first-order valence-corrected chi connectivity index (χ1v) is 5.38. The highest BCUT2D eigenvalue weighted by molar-refractivity contribution is 5.88. The van der Waals surface area contributed by atoms with Crippen LogP contribution in [0, 0.1) is 6.92 Å². The van der Waals surface area contributed by atoms with Gasteiger partial charge in [-0.25, -0.2) is 14.8 Å². The molecule has 2 aromatic rings. The molecule has 0 radical (unpaired) electrons. The number of hydrogen-bond acceptors (Lipinski definition) is 4. The predicted octanol–water partition coefficient (Wildman–Crippen LogP) is 2.06. The van der Waals surface area contributed by atoms with Gasteiger partial charge in [-0.3, -0.25) is 0 Å². The fourth-order valence-corrected chi connectivity index (χ4v) is 1.51. The van der Waals surface area contributed by atoms with E-state index < -0.39 is 5.97 Å². The number of nitrogens with zero attached hydrogens (tertiary/aromatic N) is 2. The van der Waals surface area contributed by atoms with Crippen molar-refractivity contribution in [2.24, 2.45) is 0 Å². The summed E-state index contributed by atoms with van der Waals surface area (Å²) in [5.41, 5.74) is 1.50. The minimum absolute atomic E-state index is 0.0603. The van der Waals surface area contributed by atoms with Crippen LogP contribution in [0.5, 0.6) is 5.75 Å². The second-order valence-electron chi connectivity index (χ2n) is 3.79. The van der Waals surface area contributed by atoms with E-state index in [0.29, 0.717) is 11.4 Å². The molecule has 0 saturated heterocycles. The summed E-state index contributed by atoms with van der Waals surface area (Å²) in [5, 5.41) is 8.97. The number of ether oxygens (including phenoxy) is 1. The maximum atomic E-state index is 11.0. The van der Waals surface area contributed by atoms with E-state index in [1.807, 2.05) is 31.2 Å². The van der Waals surface area contributed by atoms with Gasteiger partial charge in [-0.15, -0.1) is 0 Å². The van der Waals surface area contributed by atoms with Crippen molar-refractivity contribution in [1.82, 2.24) is 9.97 Å². The van der Waals surface area contributed by atoms with Crippen molar-refractivity contribution in [2.75, 3.05) is 0 Å². The normalized spacial score (nSPS) is 10.1. The highest BCUT2D eigenvalue weighted by atomic mass is 16.5. The van der Waals surface area contributed by atoms with Crippen molar-refractivity contribution in [1.29, 1.82) is 0 Å². The van der Waals surface area contributed by atoms with Crippen molar-refractivity contribution >= 4 is 5.97 Å². The van der Waals surface area contributed by atoms with Gasteiger partial charge in [0, 0.05) is 6.20 Å². The minimum Gasteiger partial charge on any atom is -0.487 e. The zero-order valence-corrected chi connectivity index (χ0v) is 9.83. The fraction of sp³-hybridized carbons (Fsp3) is 0.154. The maximum Gasteiger partial charge on any atom is 0.339 e. The Hall–Kier alpha value is -2.43. The molecular formula is C13H12N2O3. The zero-order chi connectivity index (χ0) is 13.0. The number of aromatic carboxylic acids is 1. The average Bonchev–Trinajstić information content (AvgIpc) is 2.37. The number of carboxylic acids is 1. The molecule has 0 aliphatic rings. The second kappa shape index (κ2) is 5.27. The molecule has 0 saturated carbocycles. The van der Waals surface area contributed by atoms with Crippen molar-refractivity contribution in [3.63, 3.8) is 0 Å². The standard InChI is InChI=1S/C13H12N2O3/c1-9-3-2-4-10(5-9)18-7-12-11(13(16)17)6-14-8-15-12/h2-6,8H,7H2,1H3,(H,16,17). The van der Waals surface area contributed by atoms with Gasteiger partial charge in [0.15, 0.2) is 0 Å². The Morgan fingerprint density at radius 2 is 2.28 bits per heavy atom. The Kier molecular flexibility index (Phi) is 3.52. The first kappa shape index (κ1) is 12.0. The van der Waals surface area contributed by atoms with Gasteiger partial charge in [0.05, 0.1) is 5.69 Å². The van der Waals surface area contributed by atoms with Crippen LogP contribution >= 0.6 is 0 Å². The smallest absolute Gasteiger partial charge is 0.339 e. The topological polar surface area (TPSA) is 72.3 Å². The Balaban J connectivity index is 2.13. The zero-order valence-electron chi connectivity index (χ0n) is 9.83. The van der Waals surface area contributed by atoms with Gasteiger partial charge in [-0.05, 0) is 24.6 Å². The molecule has 5 nitrogen and oxygen atoms in total. The van der Waals surface area contributed by atoms with Crippen LogP contribution in [0.1, 0.15) is 21.6 Å². The number of benzene rings is 1. The molecule has 92 valence electrons. The van der Waals surface area contributed by atoms with Gasteiger partial charge >= 0.3 is 5.97 Å². The summed E-state index contributed by atoms with van der Waals surface area (Å²) in [5.74, 6) is -0.372. The molecule has 1 heterocycles. The molecule has 5 heteroatoms. The van der Waals surface area contributed by atoms with Crippen molar-refractivity contribution < 1.29 is 14.6 Å². The molecule has 0 atom stereocenters.